The zero-order chi connectivity index (χ0) is 19.3. The summed E-state index contributed by atoms with van der Waals surface area (Å²) in [6, 6.07) is 10.3. The maximum absolute atomic E-state index is 13.0. The number of nitrogens with one attached hydrogen (secondary N) is 1. The van der Waals surface area contributed by atoms with Crippen molar-refractivity contribution in [2.45, 2.75) is 13.1 Å². The highest BCUT2D eigenvalue weighted by molar-refractivity contribution is 7.09. The molecule has 1 aromatic carbocycles. The van der Waals surface area contributed by atoms with Crippen LogP contribution in [0.1, 0.15) is 10.7 Å². The number of aromatic nitrogens is 3. The summed E-state index contributed by atoms with van der Waals surface area (Å²) in [5.74, 6) is 0.875. The molecule has 1 aliphatic heterocycles. The molecular formula is C19H22FN7S. The predicted molar refractivity (Wildman–Crippen MR) is 109 cm³/mol. The predicted octanol–water partition coefficient (Wildman–Crippen LogP) is 2.72. The topological polar surface area (TPSA) is 83.2 Å². The number of halogens is 1. The second kappa shape index (κ2) is 8.59. The van der Waals surface area contributed by atoms with Gasteiger partial charge in [-0.1, -0.05) is 6.07 Å². The molecule has 28 heavy (non-hydrogen) atoms. The van der Waals surface area contributed by atoms with Gasteiger partial charge in [0.05, 0.1) is 6.54 Å². The van der Waals surface area contributed by atoms with Crippen molar-refractivity contribution in [1.29, 1.82) is 0 Å². The molecule has 4 rings (SSSR count). The Labute approximate surface area is 167 Å². The number of benzene rings is 1. The molecule has 3 heterocycles. The van der Waals surface area contributed by atoms with Crippen LogP contribution in [0, 0.1) is 5.82 Å². The minimum atomic E-state index is -0.292. The average molecular weight is 399 g/mol. The molecule has 9 heteroatoms. The lowest BCUT2D eigenvalue weighted by molar-refractivity contribution is 0.120. The molecule has 3 aromatic rings. The van der Waals surface area contributed by atoms with E-state index < -0.39 is 0 Å². The number of nitrogen functional groups attached to an aromatic ring is 1. The number of thiophene rings is 1. The molecule has 0 atom stereocenters. The van der Waals surface area contributed by atoms with Crippen molar-refractivity contribution in [3.05, 3.63) is 58.3 Å². The van der Waals surface area contributed by atoms with Gasteiger partial charge in [0.2, 0.25) is 11.9 Å². The van der Waals surface area contributed by atoms with Crippen LogP contribution in [0.2, 0.25) is 0 Å². The Morgan fingerprint density at radius 2 is 1.68 bits per heavy atom. The van der Waals surface area contributed by atoms with E-state index in [0.717, 1.165) is 32.7 Å². The SMILES string of the molecule is Nc1nc(CN2CCN(Cc3cccs3)CC2)nc(Nc2ccc(F)cc2)n1. The summed E-state index contributed by atoms with van der Waals surface area (Å²) in [5.41, 5.74) is 6.55. The largest absolute Gasteiger partial charge is 0.368 e. The number of piperazine rings is 1. The van der Waals surface area contributed by atoms with Crippen LogP contribution in [0.25, 0.3) is 0 Å². The number of rotatable bonds is 6. The molecule has 0 aliphatic carbocycles. The molecule has 146 valence electrons. The van der Waals surface area contributed by atoms with Crippen molar-refractivity contribution in [3.63, 3.8) is 0 Å². The quantitative estimate of drug-likeness (QED) is 0.659. The van der Waals surface area contributed by atoms with Crippen LogP contribution in [-0.4, -0.2) is 50.9 Å². The smallest absolute Gasteiger partial charge is 0.232 e. The fraction of sp³-hybridized carbons (Fsp3) is 0.316. The maximum Gasteiger partial charge on any atom is 0.232 e. The molecule has 1 aliphatic rings. The highest BCUT2D eigenvalue weighted by Crippen LogP contribution is 2.16. The van der Waals surface area contributed by atoms with Gasteiger partial charge in [0.25, 0.3) is 0 Å². The zero-order valence-corrected chi connectivity index (χ0v) is 16.2. The molecule has 0 radical (unpaired) electrons. The third-order valence-electron chi connectivity index (χ3n) is 4.59. The number of anilines is 3. The molecular weight excluding hydrogens is 377 g/mol. The molecule has 7 nitrogen and oxygen atoms in total. The van der Waals surface area contributed by atoms with Gasteiger partial charge >= 0.3 is 0 Å². The first kappa shape index (κ1) is 18.7. The molecule has 0 spiro atoms. The summed E-state index contributed by atoms with van der Waals surface area (Å²) in [5, 5.41) is 5.17. The number of hydrogen-bond donors (Lipinski definition) is 2. The molecule has 0 unspecified atom stereocenters. The molecule has 3 N–H and O–H groups in total. The van der Waals surface area contributed by atoms with Gasteiger partial charge in [0, 0.05) is 43.3 Å². The van der Waals surface area contributed by atoms with Gasteiger partial charge in [-0.25, -0.2) is 4.39 Å². The second-order valence-electron chi connectivity index (χ2n) is 6.70. The van der Waals surface area contributed by atoms with Gasteiger partial charge in [-0.3, -0.25) is 9.80 Å². The van der Waals surface area contributed by atoms with Crippen molar-refractivity contribution in [2.75, 3.05) is 37.2 Å². The zero-order valence-electron chi connectivity index (χ0n) is 15.4. The molecule has 1 fully saturated rings. The van der Waals surface area contributed by atoms with E-state index in [1.807, 2.05) is 0 Å². The minimum Gasteiger partial charge on any atom is -0.368 e. The van der Waals surface area contributed by atoms with Crippen LogP contribution < -0.4 is 11.1 Å². The van der Waals surface area contributed by atoms with Crippen LogP contribution >= 0.6 is 11.3 Å². The van der Waals surface area contributed by atoms with Crippen LogP contribution in [-0.2, 0) is 13.1 Å². The second-order valence-corrected chi connectivity index (χ2v) is 7.73. The van der Waals surface area contributed by atoms with Gasteiger partial charge in [0.1, 0.15) is 11.6 Å². The van der Waals surface area contributed by atoms with E-state index in [-0.39, 0.29) is 11.8 Å². The average Bonchev–Trinajstić information content (AvgIpc) is 3.18. The normalized spacial score (nSPS) is 15.6. The Bertz CT molecular complexity index is 893. The van der Waals surface area contributed by atoms with Crippen molar-refractivity contribution >= 4 is 28.9 Å². The lowest BCUT2D eigenvalue weighted by atomic mass is 10.3. The van der Waals surface area contributed by atoms with Gasteiger partial charge in [-0.2, -0.15) is 15.0 Å². The van der Waals surface area contributed by atoms with E-state index in [0.29, 0.717) is 24.0 Å². The standard InChI is InChI=1S/C19H22FN7S/c20-14-3-5-15(6-4-14)22-19-24-17(23-18(21)25-19)13-27-9-7-26(8-10-27)12-16-2-1-11-28-16/h1-6,11H,7-10,12-13H2,(H3,21,22,23,24,25). The summed E-state index contributed by atoms with van der Waals surface area (Å²) < 4.78 is 13.0. The van der Waals surface area contributed by atoms with Gasteiger partial charge in [-0.05, 0) is 35.7 Å². The molecule has 2 aromatic heterocycles. The first-order valence-corrected chi connectivity index (χ1v) is 10.0. The molecule has 0 amide bonds. The monoisotopic (exact) mass is 399 g/mol. The van der Waals surface area contributed by atoms with Crippen LogP contribution in [0.4, 0.5) is 22.0 Å². The Kier molecular flexibility index (Phi) is 5.75. The summed E-state index contributed by atoms with van der Waals surface area (Å²) in [6.07, 6.45) is 0. The van der Waals surface area contributed by atoms with Crippen molar-refractivity contribution in [2.24, 2.45) is 0 Å². The molecule has 0 bridgehead atoms. The highest BCUT2D eigenvalue weighted by atomic mass is 32.1. The van der Waals surface area contributed by atoms with E-state index in [2.05, 4.69) is 47.6 Å². The minimum absolute atomic E-state index is 0.172. The summed E-state index contributed by atoms with van der Waals surface area (Å²) in [7, 11) is 0. The van der Waals surface area contributed by atoms with E-state index in [1.54, 1.807) is 23.5 Å². The summed E-state index contributed by atoms with van der Waals surface area (Å²) in [4.78, 5) is 19.0. The van der Waals surface area contributed by atoms with Crippen molar-refractivity contribution < 1.29 is 4.39 Å². The number of nitrogens with two attached hydrogens (primary N) is 1. The summed E-state index contributed by atoms with van der Waals surface area (Å²) >= 11 is 1.80. The van der Waals surface area contributed by atoms with Gasteiger partial charge in [0.15, 0.2) is 0 Å². The Balaban J connectivity index is 1.34. The lowest BCUT2D eigenvalue weighted by Crippen LogP contribution is -2.45. The van der Waals surface area contributed by atoms with Crippen molar-refractivity contribution in [3.8, 4) is 0 Å². The van der Waals surface area contributed by atoms with Gasteiger partial charge in [-0.15, -0.1) is 11.3 Å². The van der Waals surface area contributed by atoms with E-state index in [4.69, 9.17) is 5.73 Å². The maximum atomic E-state index is 13.0. The molecule has 0 saturated carbocycles. The third kappa shape index (κ3) is 5.00. The highest BCUT2D eigenvalue weighted by Gasteiger charge is 2.19. The number of hydrogen-bond acceptors (Lipinski definition) is 8. The van der Waals surface area contributed by atoms with E-state index in [1.165, 1.54) is 17.0 Å². The van der Waals surface area contributed by atoms with E-state index in [9.17, 15) is 4.39 Å². The van der Waals surface area contributed by atoms with Crippen LogP contribution in [0.5, 0.6) is 0 Å². The summed E-state index contributed by atoms with van der Waals surface area (Å²) in [6.45, 7) is 5.57. The lowest BCUT2D eigenvalue weighted by Gasteiger charge is -2.34. The Morgan fingerprint density at radius 1 is 0.964 bits per heavy atom. The fourth-order valence-corrected chi connectivity index (χ4v) is 3.90. The van der Waals surface area contributed by atoms with Crippen LogP contribution in [0.3, 0.4) is 0 Å². The Morgan fingerprint density at radius 3 is 2.36 bits per heavy atom. The molecule has 1 saturated heterocycles. The third-order valence-corrected chi connectivity index (χ3v) is 5.45. The number of nitrogens with zero attached hydrogens (tertiary/aromatic N) is 5. The van der Waals surface area contributed by atoms with E-state index >= 15 is 0 Å². The fourth-order valence-electron chi connectivity index (χ4n) is 3.16. The first-order valence-electron chi connectivity index (χ1n) is 9.14. The van der Waals surface area contributed by atoms with Crippen LogP contribution in [0.15, 0.2) is 41.8 Å². The Hall–Kier alpha value is -2.62. The van der Waals surface area contributed by atoms with Gasteiger partial charge < -0.3 is 11.1 Å². The first-order chi connectivity index (χ1) is 13.6. The van der Waals surface area contributed by atoms with Crippen molar-refractivity contribution in [1.82, 2.24) is 24.8 Å².